The molecule has 15 heavy (non-hydrogen) atoms. The molecule has 4 atom stereocenters. The highest BCUT2D eigenvalue weighted by Gasteiger charge is 2.31. The maximum absolute atomic E-state index is 10.7. The van der Waals surface area contributed by atoms with Gasteiger partial charge >= 0.3 is 5.97 Å². The van der Waals surface area contributed by atoms with Gasteiger partial charge in [-0.15, -0.1) is 0 Å². The van der Waals surface area contributed by atoms with Crippen LogP contribution in [-0.2, 0) is 14.3 Å². The second-order valence-corrected chi connectivity index (χ2v) is 2.96. The molecule has 0 aliphatic heterocycles. The van der Waals surface area contributed by atoms with Crippen LogP contribution in [0.3, 0.4) is 0 Å². The van der Waals surface area contributed by atoms with E-state index in [1.165, 1.54) is 6.92 Å². The van der Waals surface area contributed by atoms with Crippen LogP contribution in [0.4, 0.5) is 0 Å². The van der Waals surface area contributed by atoms with Crippen molar-refractivity contribution in [3.8, 4) is 0 Å². The summed E-state index contributed by atoms with van der Waals surface area (Å²) >= 11 is 0. The first-order chi connectivity index (χ1) is 6.93. The van der Waals surface area contributed by atoms with Crippen LogP contribution in [-0.4, -0.2) is 52.0 Å². The van der Waals surface area contributed by atoms with Gasteiger partial charge in [0, 0.05) is 6.08 Å². The van der Waals surface area contributed by atoms with Crippen molar-refractivity contribution in [1.82, 2.24) is 0 Å². The van der Waals surface area contributed by atoms with E-state index < -0.39 is 30.4 Å². The maximum Gasteiger partial charge on any atom is 0.330 e. The quantitative estimate of drug-likeness (QED) is 0.281. The summed E-state index contributed by atoms with van der Waals surface area (Å²) in [7, 11) is 0. The van der Waals surface area contributed by atoms with Gasteiger partial charge in [0.05, 0.1) is 6.10 Å². The fourth-order valence-electron chi connectivity index (χ4n) is 0.840. The maximum atomic E-state index is 10.7. The van der Waals surface area contributed by atoms with Crippen molar-refractivity contribution in [2.75, 3.05) is 0 Å². The molecule has 0 rings (SSSR count). The number of rotatable bonds is 6. The average molecular weight is 218 g/mol. The number of ether oxygens (including phenoxy) is 1. The Kier molecular flexibility index (Phi) is 5.76. The standard InChI is InChI=1S/C9H14O6/c1-3-7(12)15-6(4-10)9(14)8(13)5(2)11/h3-6,8-9,11,13-14H,1H2,2H3/t5-,6+,8+,9-/m0/s1. The molecule has 0 aromatic rings. The number of hydrogen-bond donors (Lipinski definition) is 3. The molecule has 0 radical (unpaired) electrons. The second kappa shape index (κ2) is 6.28. The molecule has 0 unspecified atom stereocenters. The number of carbonyl (C=O) groups excluding carboxylic acids is 2. The molecule has 0 saturated carbocycles. The first-order valence-electron chi connectivity index (χ1n) is 4.26. The van der Waals surface area contributed by atoms with Crippen LogP contribution in [0.25, 0.3) is 0 Å². The number of esters is 1. The third-order valence-corrected chi connectivity index (χ3v) is 1.73. The van der Waals surface area contributed by atoms with Crippen molar-refractivity contribution in [2.45, 2.75) is 31.3 Å². The molecular formula is C9H14O6. The van der Waals surface area contributed by atoms with E-state index in [1.54, 1.807) is 0 Å². The summed E-state index contributed by atoms with van der Waals surface area (Å²) in [6.07, 6.45) is -5.04. The van der Waals surface area contributed by atoms with E-state index in [4.69, 9.17) is 5.11 Å². The smallest absolute Gasteiger partial charge is 0.330 e. The molecule has 0 spiro atoms. The summed E-state index contributed by atoms with van der Waals surface area (Å²) in [5.74, 6) is -0.899. The van der Waals surface area contributed by atoms with Crippen molar-refractivity contribution in [3.63, 3.8) is 0 Å². The molecule has 0 aliphatic rings. The Labute approximate surface area is 86.8 Å². The molecule has 0 heterocycles. The molecule has 0 saturated heterocycles. The van der Waals surface area contributed by atoms with Gasteiger partial charge in [0.15, 0.2) is 12.4 Å². The average Bonchev–Trinajstić information content (AvgIpc) is 2.23. The number of carbonyl (C=O) groups is 2. The van der Waals surface area contributed by atoms with Gasteiger partial charge in [-0.25, -0.2) is 4.79 Å². The molecule has 0 bridgehead atoms. The lowest BCUT2D eigenvalue weighted by atomic mass is 10.1. The molecule has 3 N–H and O–H groups in total. The third-order valence-electron chi connectivity index (χ3n) is 1.73. The lowest BCUT2D eigenvalue weighted by Crippen LogP contribution is -2.45. The number of hydrogen-bond acceptors (Lipinski definition) is 6. The Morgan fingerprint density at radius 1 is 1.33 bits per heavy atom. The zero-order chi connectivity index (χ0) is 12.0. The second-order valence-electron chi connectivity index (χ2n) is 2.96. The van der Waals surface area contributed by atoms with Crippen molar-refractivity contribution in [2.24, 2.45) is 0 Å². The van der Waals surface area contributed by atoms with Crippen molar-refractivity contribution < 1.29 is 29.6 Å². The number of aliphatic hydroxyl groups is 3. The van der Waals surface area contributed by atoms with Crippen molar-refractivity contribution in [1.29, 1.82) is 0 Å². The summed E-state index contributed by atoms with van der Waals surface area (Å²) < 4.78 is 4.44. The minimum Gasteiger partial charge on any atom is -0.449 e. The Hall–Kier alpha value is -1.24. The predicted octanol–water partition coefficient (Wildman–Crippen LogP) is -1.61. The summed E-state index contributed by atoms with van der Waals surface area (Å²) in [6, 6.07) is 0. The van der Waals surface area contributed by atoms with E-state index in [1.807, 2.05) is 0 Å². The van der Waals surface area contributed by atoms with E-state index in [0.717, 1.165) is 6.08 Å². The minimum absolute atomic E-state index is 0.164. The van der Waals surface area contributed by atoms with E-state index >= 15 is 0 Å². The third kappa shape index (κ3) is 4.20. The first-order valence-corrected chi connectivity index (χ1v) is 4.26. The molecule has 0 aromatic carbocycles. The normalized spacial score (nSPS) is 18.4. The zero-order valence-electron chi connectivity index (χ0n) is 8.24. The molecule has 6 nitrogen and oxygen atoms in total. The monoisotopic (exact) mass is 218 g/mol. The minimum atomic E-state index is -1.67. The summed E-state index contributed by atoms with van der Waals surface area (Å²) in [5, 5.41) is 27.5. The van der Waals surface area contributed by atoms with Gasteiger partial charge in [-0.1, -0.05) is 6.58 Å². The van der Waals surface area contributed by atoms with Gasteiger partial charge in [0.1, 0.15) is 12.2 Å². The fourth-order valence-corrected chi connectivity index (χ4v) is 0.840. The van der Waals surface area contributed by atoms with Crippen molar-refractivity contribution in [3.05, 3.63) is 12.7 Å². The van der Waals surface area contributed by atoms with Crippen LogP contribution in [0.5, 0.6) is 0 Å². The van der Waals surface area contributed by atoms with Gasteiger partial charge in [-0.3, -0.25) is 4.79 Å². The largest absolute Gasteiger partial charge is 0.449 e. The lowest BCUT2D eigenvalue weighted by molar-refractivity contribution is -0.161. The van der Waals surface area contributed by atoms with Crippen LogP contribution in [0.1, 0.15) is 6.92 Å². The Bertz CT molecular complexity index is 237. The zero-order valence-corrected chi connectivity index (χ0v) is 8.24. The summed E-state index contributed by atoms with van der Waals surface area (Å²) in [6.45, 7) is 4.33. The number of aliphatic hydroxyl groups excluding tert-OH is 3. The van der Waals surface area contributed by atoms with Crippen LogP contribution in [0.2, 0.25) is 0 Å². The Morgan fingerprint density at radius 2 is 1.87 bits per heavy atom. The molecule has 0 aromatic heterocycles. The van der Waals surface area contributed by atoms with Gasteiger partial charge in [0.2, 0.25) is 0 Å². The summed E-state index contributed by atoms with van der Waals surface area (Å²) in [4.78, 5) is 21.2. The van der Waals surface area contributed by atoms with Crippen molar-refractivity contribution >= 4 is 12.3 Å². The topological polar surface area (TPSA) is 104 Å². The van der Waals surface area contributed by atoms with E-state index in [2.05, 4.69) is 11.3 Å². The van der Waals surface area contributed by atoms with E-state index in [-0.39, 0.29) is 6.29 Å². The first kappa shape index (κ1) is 13.8. The van der Waals surface area contributed by atoms with Gasteiger partial charge in [0.25, 0.3) is 0 Å². The van der Waals surface area contributed by atoms with Gasteiger partial charge in [-0.05, 0) is 6.92 Å². The lowest BCUT2D eigenvalue weighted by Gasteiger charge is -2.24. The Balaban J connectivity index is 4.46. The fraction of sp³-hybridized carbons (Fsp3) is 0.556. The highest BCUT2D eigenvalue weighted by atomic mass is 16.6. The summed E-state index contributed by atoms with van der Waals surface area (Å²) in [5.41, 5.74) is 0. The molecule has 0 aliphatic carbocycles. The van der Waals surface area contributed by atoms with Crippen LogP contribution >= 0.6 is 0 Å². The van der Waals surface area contributed by atoms with E-state index in [0.29, 0.717) is 0 Å². The SMILES string of the molecule is C=CC(=O)O[C@H](C=O)[C@H](O)[C@H](O)[C@H](C)O. The predicted molar refractivity (Wildman–Crippen MR) is 49.8 cm³/mol. The van der Waals surface area contributed by atoms with Crippen LogP contribution in [0, 0.1) is 0 Å². The molecule has 86 valence electrons. The molecule has 6 heteroatoms. The van der Waals surface area contributed by atoms with Gasteiger partial charge in [-0.2, -0.15) is 0 Å². The highest BCUT2D eigenvalue weighted by molar-refractivity contribution is 5.82. The number of aldehydes is 1. The Morgan fingerprint density at radius 3 is 2.20 bits per heavy atom. The molecule has 0 amide bonds. The molecule has 0 fully saturated rings. The van der Waals surface area contributed by atoms with Gasteiger partial charge < -0.3 is 20.1 Å². The van der Waals surface area contributed by atoms with E-state index in [9.17, 15) is 19.8 Å². The highest BCUT2D eigenvalue weighted by Crippen LogP contribution is 2.07. The molecular weight excluding hydrogens is 204 g/mol. The van der Waals surface area contributed by atoms with Crippen LogP contribution < -0.4 is 0 Å². The van der Waals surface area contributed by atoms with Crippen LogP contribution in [0.15, 0.2) is 12.7 Å².